The molecule has 16 heavy (non-hydrogen) atoms. The Hall–Kier alpha value is -0.830. The zero-order chi connectivity index (χ0) is 11.4. The summed E-state index contributed by atoms with van der Waals surface area (Å²) in [4.78, 5) is 0. The van der Waals surface area contributed by atoms with Gasteiger partial charge in [-0.2, -0.15) is 11.8 Å². The summed E-state index contributed by atoms with van der Waals surface area (Å²) in [7, 11) is 0. The van der Waals surface area contributed by atoms with Crippen LogP contribution in [0.1, 0.15) is 20.3 Å². The van der Waals surface area contributed by atoms with Crippen molar-refractivity contribution in [2.75, 3.05) is 17.7 Å². The van der Waals surface area contributed by atoms with Crippen LogP contribution in [0.15, 0.2) is 24.3 Å². The summed E-state index contributed by atoms with van der Waals surface area (Å²) >= 11 is 2.05. The van der Waals surface area contributed by atoms with Crippen LogP contribution in [0.25, 0.3) is 0 Å². The van der Waals surface area contributed by atoms with Crippen LogP contribution in [0.5, 0.6) is 5.75 Å². The third kappa shape index (κ3) is 3.08. The lowest BCUT2D eigenvalue weighted by atomic mass is 10.2. The molecule has 0 aliphatic carbocycles. The minimum atomic E-state index is 0.608. The molecule has 0 saturated carbocycles. The van der Waals surface area contributed by atoms with Crippen molar-refractivity contribution in [2.45, 2.75) is 31.6 Å². The number of nitrogens with one attached hydrogen (secondary N) is 1. The molecule has 1 aromatic rings. The molecule has 2 nitrogen and oxygen atoms in total. The van der Waals surface area contributed by atoms with Gasteiger partial charge in [-0.25, -0.2) is 0 Å². The molecule has 1 N–H and O–H groups in total. The maximum absolute atomic E-state index is 5.49. The fourth-order valence-electron chi connectivity index (χ4n) is 2.00. The molecule has 1 aliphatic rings. The highest BCUT2D eigenvalue weighted by Gasteiger charge is 2.21. The van der Waals surface area contributed by atoms with Crippen LogP contribution < -0.4 is 10.1 Å². The van der Waals surface area contributed by atoms with Crippen molar-refractivity contribution in [3.8, 4) is 5.75 Å². The fourth-order valence-corrected chi connectivity index (χ4v) is 3.14. The molecule has 1 fully saturated rings. The second-order valence-corrected chi connectivity index (χ2v) is 5.65. The highest BCUT2D eigenvalue weighted by atomic mass is 32.2. The highest BCUT2D eigenvalue weighted by Crippen LogP contribution is 2.29. The summed E-state index contributed by atoms with van der Waals surface area (Å²) in [5.74, 6) is 2.16. The van der Waals surface area contributed by atoms with E-state index in [1.54, 1.807) is 0 Å². The van der Waals surface area contributed by atoms with Crippen LogP contribution in [0.2, 0.25) is 0 Å². The molecule has 2 atom stereocenters. The molecule has 1 saturated heterocycles. The Bertz CT molecular complexity index is 342. The molecule has 0 amide bonds. The summed E-state index contributed by atoms with van der Waals surface area (Å²) in [6, 6.07) is 8.84. The Labute approximate surface area is 102 Å². The number of thioether (sulfide) groups is 1. The molecule has 2 rings (SSSR count). The molecule has 1 heterocycles. The van der Waals surface area contributed by atoms with Gasteiger partial charge in [-0.15, -0.1) is 0 Å². The largest absolute Gasteiger partial charge is 0.494 e. The van der Waals surface area contributed by atoms with Gasteiger partial charge in [-0.05, 0) is 25.5 Å². The number of ether oxygens (including phenoxy) is 1. The molecule has 0 radical (unpaired) electrons. The summed E-state index contributed by atoms with van der Waals surface area (Å²) in [5.41, 5.74) is 1.17. The average molecular weight is 237 g/mol. The van der Waals surface area contributed by atoms with Gasteiger partial charge in [-0.1, -0.05) is 13.0 Å². The predicted octanol–water partition coefficient (Wildman–Crippen LogP) is 3.39. The van der Waals surface area contributed by atoms with Crippen molar-refractivity contribution in [3.63, 3.8) is 0 Å². The number of hydrogen-bond donors (Lipinski definition) is 1. The van der Waals surface area contributed by atoms with E-state index in [-0.39, 0.29) is 0 Å². The van der Waals surface area contributed by atoms with Gasteiger partial charge in [0.15, 0.2) is 0 Å². The molecule has 1 aromatic carbocycles. The van der Waals surface area contributed by atoms with Crippen LogP contribution in [-0.4, -0.2) is 23.7 Å². The van der Waals surface area contributed by atoms with Gasteiger partial charge in [0.25, 0.3) is 0 Å². The average Bonchev–Trinajstić information content (AvgIpc) is 2.65. The SMILES string of the molecule is CCOc1cccc(NC2CSC(C)C2)c1. The lowest BCUT2D eigenvalue weighted by molar-refractivity contribution is 0.340. The summed E-state index contributed by atoms with van der Waals surface area (Å²) in [6.07, 6.45) is 1.25. The zero-order valence-corrected chi connectivity index (χ0v) is 10.7. The zero-order valence-electron chi connectivity index (χ0n) is 9.90. The Morgan fingerprint density at radius 2 is 2.38 bits per heavy atom. The second-order valence-electron chi connectivity index (χ2n) is 4.18. The third-order valence-corrected chi connectivity index (χ3v) is 4.07. The molecule has 88 valence electrons. The Balaban J connectivity index is 1.95. The van der Waals surface area contributed by atoms with E-state index in [1.807, 2.05) is 30.8 Å². The minimum Gasteiger partial charge on any atom is -0.494 e. The van der Waals surface area contributed by atoms with E-state index in [0.29, 0.717) is 6.04 Å². The van der Waals surface area contributed by atoms with Crippen LogP contribution in [0.4, 0.5) is 5.69 Å². The molecule has 0 aromatic heterocycles. The van der Waals surface area contributed by atoms with Gasteiger partial charge < -0.3 is 10.1 Å². The summed E-state index contributed by atoms with van der Waals surface area (Å²) in [5, 5.41) is 4.35. The monoisotopic (exact) mass is 237 g/mol. The van der Waals surface area contributed by atoms with Crippen molar-refractivity contribution >= 4 is 17.4 Å². The number of benzene rings is 1. The molecule has 0 bridgehead atoms. The predicted molar refractivity (Wildman–Crippen MR) is 71.6 cm³/mol. The van der Waals surface area contributed by atoms with Crippen molar-refractivity contribution in [1.29, 1.82) is 0 Å². The van der Waals surface area contributed by atoms with Gasteiger partial charge in [-0.3, -0.25) is 0 Å². The standard InChI is InChI=1S/C13H19NOS/c1-3-15-13-6-4-5-11(8-13)14-12-7-10(2)16-9-12/h4-6,8,10,12,14H,3,7,9H2,1-2H3. The Kier molecular flexibility index (Phi) is 3.99. The van der Waals surface area contributed by atoms with E-state index in [0.717, 1.165) is 17.6 Å². The first-order chi connectivity index (χ1) is 7.78. The molecule has 1 aliphatic heterocycles. The van der Waals surface area contributed by atoms with Gasteiger partial charge in [0, 0.05) is 28.8 Å². The summed E-state index contributed by atoms with van der Waals surface area (Å²) < 4.78 is 5.49. The molecular weight excluding hydrogens is 218 g/mol. The van der Waals surface area contributed by atoms with Crippen LogP contribution in [0.3, 0.4) is 0 Å². The van der Waals surface area contributed by atoms with Gasteiger partial charge >= 0.3 is 0 Å². The topological polar surface area (TPSA) is 21.3 Å². The smallest absolute Gasteiger partial charge is 0.121 e. The molecule has 2 unspecified atom stereocenters. The first-order valence-corrected chi connectivity index (χ1v) is 6.94. The van der Waals surface area contributed by atoms with Gasteiger partial charge in [0.1, 0.15) is 5.75 Å². The molecule has 3 heteroatoms. The van der Waals surface area contributed by atoms with Crippen molar-refractivity contribution < 1.29 is 4.74 Å². The quantitative estimate of drug-likeness (QED) is 0.867. The van der Waals surface area contributed by atoms with Crippen LogP contribution in [0, 0.1) is 0 Å². The van der Waals surface area contributed by atoms with E-state index < -0.39 is 0 Å². The first kappa shape index (κ1) is 11.6. The van der Waals surface area contributed by atoms with E-state index in [1.165, 1.54) is 17.9 Å². The fraction of sp³-hybridized carbons (Fsp3) is 0.538. The number of rotatable bonds is 4. The lowest BCUT2D eigenvalue weighted by Crippen LogP contribution is -2.18. The number of anilines is 1. The Morgan fingerprint density at radius 3 is 3.06 bits per heavy atom. The van der Waals surface area contributed by atoms with Crippen LogP contribution >= 0.6 is 11.8 Å². The molecular formula is C13H19NOS. The normalized spacial score (nSPS) is 24.4. The van der Waals surface area contributed by atoms with E-state index in [2.05, 4.69) is 24.4 Å². The lowest BCUT2D eigenvalue weighted by Gasteiger charge is -2.14. The highest BCUT2D eigenvalue weighted by molar-refractivity contribution is 8.00. The molecule has 0 spiro atoms. The van der Waals surface area contributed by atoms with E-state index in [4.69, 9.17) is 4.74 Å². The first-order valence-electron chi connectivity index (χ1n) is 5.89. The number of hydrogen-bond acceptors (Lipinski definition) is 3. The summed E-state index contributed by atoms with van der Waals surface area (Å²) in [6.45, 7) is 5.03. The van der Waals surface area contributed by atoms with Gasteiger partial charge in [0.2, 0.25) is 0 Å². The van der Waals surface area contributed by atoms with Crippen LogP contribution in [-0.2, 0) is 0 Å². The maximum atomic E-state index is 5.49. The van der Waals surface area contributed by atoms with Gasteiger partial charge in [0.05, 0.1) is 6.61 Å². The minimum absolute atomic E-state index is 0.608. The Morgan fingerprint density at radius 1 is 1.50 bits per heavy atom. The second kappa shape index (κ2) is 5.48. The van der Waals surface area contributed by atoms with E-state index in [9.17, 15) is 0 Å². The van der Waals surface area contributed by atoms with E-state index >= 15 is 0 Å². The van der Waals surface area contributed by atoms with Crippen molar-refractivity contribution in [2.24, 2.45) is 0 Å². The van der Waals surface area contributed by atoms with Crippen molar-refractivity contribution in [1.82, 2.24) is 0 Å². The third-order valence-electron chi connectivity index (χ3n) is 2.71. The maximum Gasteiger partial charge on any atom is 0.121 e. The van der Waals surface area contributed by atoms with Crippen molar-refractivity contribution in [3.05, 3.63) is 24.3 Å².